The zero-order valence-corrected chi connectivity index (χ0v) is 23.7. The van der Waals surface area contributed by atoms with Gasteiger partial charge >= 0.3 is 6.03 Å². The van der Waals surface area contributed by atoms with Gasteiger partial charge in [0.1, 0.15) is 17.1 Å². The number of ether oxygens (including phenoxy) is 1. The lowest BCUT2D eigenvalue weighted by Gasteiger charge is -2.34. The summed E-state index contributed by atoms with van der Waals surface area (Å²) in [5.74, 6) is 2.14. The van der Waals surface area contributed by atoms with Gasteiger partial charge in [-0.3, -0.25) is 14.7 Å². The predicted molar refractivity (Wildman–Crippen MR) is 149 cm³/mol. The third-order valence-electron chi connectivity index (χ3n) is 8.37. The number of nitrogens with two attached hydrogens (primary N) is 1. The van der Waals surface area contributed by atoms with Gasteiger partial charge in [-0.25, -0.2) is 13.2 Å². The van der Waals surface area contributed by atoms with Gasteiger partial charge in [0.05, 0.1) is 12.8 Å². The second kappa shape index (κ2) is 10.7. The van der Waals surface area contributed by atoms with Crippen LogP contribution in [0.2, 0.25) is 0 Å². The standard InChI is InChI=1S/C27H39N5O5S/c1-17-6-8-20(9-7-17)24-29-25(33)27(30-24)11-13-32(14-12-27)38(35,36)15-10-21-18(2)16-22(31(4)26(28)34)23(37-5)19(21)3/h10,15-17,20H,6-9,11-14H2,1-5H3,(H2,28,34)(H,29,30,33)/b15-10+. The Hall–Kier alpha value is -2.92. The molecule has 1 spiro atoms. The number of urea groups is 1. The van der Waals surface area contributed by atoms with Crippen LogP contribution in [-0.4, -0.2) is 63.3 Å². The minimum atomic E-state index is -3.73. The highest BCUT2D eigenvalue weighted by Crippen LogP contribution is 2.38. The third-order valence-corrected chi connectivity index (χ3v) is 9.93. The molecule has 3 amide bonds. The minimum Gasteiger partial charge on any atom is -0.494 e. The third kappa shape index (κ3) is 5.31. The topological polar surface area (TPSA) is 134 Å². The fraction of sp³-hybridized carbons (Fsp3) is 0.593. The Morgan fingerprint density at radius 3 is 2.45 bits per heavy atom. The molecule has 0 aromatic heterocycles. The fourth-order valence-electron chi connectivity index (χ4n) is 5.80. The first-order valence-electron chi connectivity index (χ1n) is 13.2. The maximum atomic E-state index is 13.2. The van der Waals surface area contributed by atoms with E-state index in [4.69, 9.17) is 15.5 Å². The van der Waals surface area contributed by atoms with Gasteiger partial charge in [-0.2, -0.15) is 4.31 Å². The average Bonchev–Trinajstić information content (AvgIpc) is 3.18. The normalized spacial score (nSPS) is 23.9. The number of primary amides is 1. The van der Waals surface area contributed by atoms with Gasteiger partial charge in [0.25, 0.3) is 5.91 Å². The Morgan fingerprint density at radius 1 is 1.24 bits per heavy atom. The molecule has 1 aliphatic carbocycles. The van der Waals surface area contributed by atoms with Crippen LogP contribution in [0.4, 0.5) is 10.5 Å². The summed E-state index contributed by atoms with van der Waals surface area (Å²) in [4.78, 5) is 30.8. The summed E-state index contributed by atoms with van der Waals surface area (Å²) in [6.07, 6.45) is 6.62. The van der Waals surface area contributed by atoms with Crippen molar-refractivity contribution in [2.45, 2.75) is 64.8 Å². The number of rotatable bonds is 6. The zero-order valence-electron chi connectivity index (χ0n) is 22.9. The summed E-state index contributed by atoms with van der Waals surface area (Å²) in [6.45, 7) is 6.35. The molecule has 3 aliphatic rings. The van der Waals surface area contributed by atoms with Crippen LogP contribution in [0.25, 0.3) is 6.08 Å². The zero-order chi connectivity index (χ0) is 27.8. The number of carbonyl (C=O) groups is 2. The Bertz CT molecular complexity index is 1270. The number of piperidine rings is 1. The van der Waals surface area contributed by atoms with Crippen molar-refractivity contribution in [1.29, 1.82) is 0 Å². The monoisotopic (exact) mass is 545 g/mol. The van der Waals surface area contributed by atoms with Crippen molar-refractivity contribution >= 4 is 39.6 Å². The van der Waals surface area contributed by atoms with Crippen molar-refractivity contribution in [2.75, 3.05) is 32.1 Å². The number of hydrogen-bond acceptors (Lipinski definition) is 6. The first-order chi connectivity index (χ1) is 17.9. The first kappa shape index (κ1) is 28.1. The average molecular weight is 546 g/mol. The smallest absolute Gasteiger partial charge is 0.319 e. The van der Waals surface area contributed by atoms with Gasteiger partial charge in [-0.15, -0.1) is 0 Å². The molecule has 1 aromatic carbocycles. The molecule has 0 radical (unpaired) electrons. The van der Waals surface area contributed by atoms with Crippen LogP contribution in [0.5, 0.6) is 5.75 Å². The van der Waals surface area contributed by atoms with Crippen molar-refractivity contribution in [3.05, 3.63) is 28.2 Å². The van der Waals surface area contributed by atoms with Crippen molar-refractivity contribution in [1.82, 2.24) is 9.62 Å². The molecule has 11 heteroatoms. The number of nitrogens with one attached hydrogen (secondary N) is 1. The summed E-state index contributed by atoms with van der Waals surface area (Å²) in [5, 5.41) is 4.22. The van der Waals surface area contributed by atoms with E-state index in [1.54, 1.807) is 19.2 Å². The molecule has 1 saturated heterocycles. The van der Waals surface area contributed by atoms with Crippen LogP contribution >= 0.6 is 0 Å². The second-order valence-electron chi connectivity index (χ2n) is 10.9. The van der Waals surface area contributed by atoms with Gasteiger partial charge in [0, 0.05) is 37.0 Å². The summed E-state index contributed by atoms with van der Waals surface area (Å²) in [7, 11) is -0.688. The number of nitrogens with zero attached hydrogens (tertiary/aromatic N) is 3. The highest BCUT2D eigenvalue weighted by Gasteiger charge is 2.48. The number of amidine groups is 1. The summed E-state index contributed by atoms with van der Waals surface area (Å²) >= 11 is 0. The van der Waals surface area contributed by atoms with Crippen molar-refractivity contribution in [3.63, 3.8) is 0 Å². The van der Waals surface area contributed by atoms with Gasteiger partial charge in [0.15, 0.2) is 0 Å². The molecule has 208 valence electrons. The number of sulfonamides is 1. The SMILES string of the molecule is COc1c(N(C)C(N)=O)cc(C)c(/C=C/S(=O)(=O)N2CCC3(CC2)N=C(C2CCC(C)CC2)NC3=O)c1C. The lowest BCUT2D eigenvalue weighted by molar-refractivity contribution is -0.125. The number of carbonyl (C=O) groups excluding carboxylic acids is 2. The summed E-state index contributed by atoms with van der Waals surface area (Å²) in [6, 6.07) is 1.12. The van der Waals surface area contributed by atoms with Gasteiger partial charge in [-0.05, 0) is 68.7 Å². The van der Waals surface area contributed by atoms with Crippen LogP contribution in [0, 0.1) is 25.7 Å². The molecule has 0 unspecified atom stereocenters. The predicted octanol–water partition coefficient (Wildman–Crippen LogP) is 3.32. The molecule has 2 heterocycles. The minimum absolute atomic E-state index is 0.0990. The van der Waals surface area contributed by atoms with E-state index in [1.807, 2.05) is 13.8 Å². The first-order valence-corrected chi connectivity index (χ1v) is 14.7. The van der Waals surface area contributed by atoms with E-state index in [1.165, 1.54) is 21.7 Å². The molecule has 0 bridgehead atoms. The van der Waals surface area contributed by atoms with Gasteiger partial charge in [0.2, 0.25) is 10.0 Å². The lowest BCUT2D eigenvalue weighted by atomic mass is 9.82. The van der Waals surface area contributed by atoms with Crippen LogP contribution in [-0.2, 0) is 14.8 Å². The summed E-state index contributed by atoms with van der Waals surface area (Å²) < 4.78 is 33.4. The van der Waals surface area contributed by atoms with Gasteiger partial charge < -0.3 is 15.8 Å². The molecular weight excluding hydrogens is 506 g/mol. The Labute approximate surface area is 225 Å². The Kier molecular flexibility index (Phi) is 7.90. The van der Waals surface area contributed by atoms with Crippen molar-refractivity contribution < 1.29 is 22.7 Å². The molecule has 4 rings (SSSR count). The Balaban J connectivity index is 1.49. The van der Waals surface area contributed by atoms with E-state index in [0.29, 0.717) is 41.3 Å². The van der Waals surface area contributed by atoms with E-state index in [2.05, 4.69) is 12.2 Å². The molecule has 2 fully saturated rings. The highest BCUT2D eigenvalue weighted by molar-refractivity contribution is 7.92. The highest BCUT2D eigenvalue weighted by atomic mass is 32.2. The number of aliphatic imine (C=N–C) groups is 1. The number of hydrogen-bond donors (Lipinski definition) is 2. The molecular formula is C27H39N5O5S. The van der Waals surface area contributed by atoms with E-state index < -0.39 is 21.6 Å². The molecule has 1 saturated carbocycles. The molecule has 38 heavy (non-hydrogen) atoms. The van der Waals surface area contributed by atoms with Crippen LogP contribution in [0.15, 0.2) is 16.5 Å². The second-order valence-corrected chi connectivity index (χ2v) is 12.7. The number of amides is 3. The maximum absolute atomic E-state index is 13.2. The number of methoxy groups -OCH3 is 1. The van der Waals surface area contributed by atoms with Crippen molar-refractivity contribution in [2.24, 2.45) is 22.6 Å². The number of anilines is 1. The molecule has 1 aromatic rings. The molecule has 0 atom stereocenters. The van der Waals surface area contributed by atoms with Crippen LogP contribution in [0.1, 0.15) is 62.1 Å². The van der Waals surface area contributed by atoms with Crippen LogP contribution in [0.3, 0.4) is 0 Å². The fourth-order valence-corrected chi connectivity index (χ4v) is 6.97. The summed E-state index contributed by atoms with van der Waals surface area (Å²) in [5.41, 5.74) is 7.23. The number of benzene rings is 1. The quantitative estimate of drug-likeness (QED) is 0.566. The van der Waals surface area contributed by atoms with Gasteiger partial charge in [-0.1, -0.05) is 19.8 Å². The Morgan fingerprint density at radius 2 is 1.87 bits per heavy atom. The van der Waals surface area contributed by atoms with E-state index in [0.717, 1.165) is 37.1 Å². The molecule has 3 N–H and O–H groups in total. The van der Waals surface area contributed by atoms with E-state index >= 15 is 0 Å². The van der Waals surface area contributed by atoms with Crippen molar-refractivity contribution in [3.8, 4) is 5.75 Å². The number of aryl methyl sites for hydroxylation is 1. The van der Waals surface area contributed by atoms with Crippen LogP contribution < -0.4 is 20.7 Å². The molecule has 2 aliphatic heterocycles. The van der Waals surface area contributed by atoms with E-state index in [-0.39, 0.29) is 24.9 Å². The van der Waals surface area contributed by atoms with E-state index in [9.17, 15) is 18.0 Å². The largest absolute Gasteiger partial charge is 0.494 e. The molecule has 10 nitrogen and oxygen atoms in total. The maximum Gasteiger partial charge on any atom is 0.319 e. The lowest BCUT2D eigenvalue weighted by Crippen LogP contribution is -2.50.